The van der Waals surface area contributed by atoms with Gasteiger partial charge in [-0.25, -0.2) is 0 Å². The molecule has 0 bridgehead atoms. The van der Waals surface area contributed by atoms with Crippen LogP contribution in [0.25, 0.3) is 0 Å². The first-order chi connectivity index (χ1) is 7.26. The van der Waals surface area contributed by atoms with Gasteiger partial charge in [0.1, 0.15) is 0 Å². The molecule has 0 saturated heterocycles. The van der Waals surface area contributed by atoms with Gasteiger partial charge in [0, 0.05) is 19.5 Å². The summed E-state index contributed by atoms with van der Waals surface area (Å²) in [7, 11) is 3.99. The largest absolute Gasteiger partial charge is 0.338 e. The van der Waals surface area contributed by atoms with Gasteiger partial charge in [-0.2, -0.15) is 4.98 Å². The predicted octanol–water partition coefficient (Wildman–Crippen LogP) is 0.673. The number of nitrogens with one attached hydrogen (secondary N) is 1. The highest BCUT2D eigenvalue weighted by Crippen LogP contribution is 2.02. The molecular weight excluding hydrogens is 192 g/mol. The van der Waals surface area contributed by atoms with E-state index in [1.54, 1.807) is 0 Å². The van der Waals surface area contributed by atoms with Gasteiger partial charge in [-0.15, -0.1) is 0 Å². The lowest BCUT2D eigenvalue weighted by molar-refractivity contribution is 0.267. The summed E-state index contributed by atoms with van der Waals surface area (Å²) in [5.74, 6) is 1.52. The SMILES string of the molecule is CCCc1noc(CN(C)CCNC)n1. The second-order valence-corrected chi connectivity index (χ2v) is 3.70. The van der Waals surface area contributed by atoms with E-state index in [4.69, 9.17) is 4.52 Å². The summed E-state index contributed by atoms with van der Waals surface area (Å²) in [6.45, 7) is 4.77. The fourth-order valence-corrected chi connectivity index (χ4v) is 1.29. The Hall–Kier alpha value is -0.940. The molecule has 1 aromatic rings. The first kappa shape index (κ1) is 12.1. The van der Waals surface area contributed by atoms with Crippen LogP contribution in [0.3, 0.4) is 0 Å². The minimum atomic E-state index is 0.706. The maximum atomic E-state index is 5.14. The molecule has 0 aliphatic rings. The molecule has 0 spiro atoms. The van der Waals surface area contributed by atoms with E-state index in [-0.39, 0.29) is 0 Å². The molecule has 0 amide bonds. The zero-order valence-electron chi connectivity index (χ0n) is 9.79. The third kappa shape index (κ3) is 4.40. The van der Waals surface area contributed by atoms with E-state index < -0.39 is 0 Å². The number of hydrogen-bond acceptors (Lipinski definition) is 5. The van der Waals surface area contributed by atoms with Crippen LogP contribution in [0.5, 0.6) is 0 Å². The van der Waals surface area contributed by atoms with Gasteiger partial charge in [0.05, 0.1) is 6.54 Å². The minimum Gasteiger partial charge on any atom is -0.338 e. The van der Waals surface area contributed by atoms with Gasteiger partial charge in [-0.1, -0.05) is 12.1 Å². The van der Waals surface area contributed by atoms with Gasteiger partial charge in [0.25, 0.3) is 0 Å². The lowest BCUT2D eigenvalue weighted by Gasteiger charge is -2.12. The van der Waals surface area contributed by atoms with Crippen molar-refractivity contribution in [1.29, 1.82) is 0 Å². The van der Waals surface area contributed by atoms with E-state index in [9.17, 15) is 0 Å². The zero-order chi connectivity index (χ0) is 11.1. The molecule has 5 nitrogen and oxygen atoms in total. The molecule has 0 radical (unpaired) electrons. The fourth-order valence-electron chi connectivity index (χ4n) is 1.29. The fraction of sp³-hybridized carbons (Fsp3) is 0.800. The maximum Gasteiger partial charge on any atom is 0.240 e. The van der Waals surface area contributed by atoms with Crippen LogP contribution < -0.4 is 5.32 Å². The molecule has 5 heteroatoms. The van der Waals surface area contributed by atoms with E-state index in [2.05, 4.69) is 27.3 Å². The summed E-state index contributed by atoms with van der Waals surface area (Å²) in [4.78, 5) is 6.46. The van der Waals surface area contributed by atoms with Gasteiger partial charge in [-0.3, -0.25) is 4.90 Å². The van der Waals surface area contributed by atoms with Crippen molar-refractivity contribution in [2.45, 2.75) is 26.3 Å². The van der Waals surface area contributed by atoms with Crippen molar-refractivity contribution in [3.63, 3.8) is 0 Å². The molecule has 0 fully saturated rings. The number of aromatic nitrogens is 2. The summed E-state index contributed by atoms with van der Waals surface area (Å²) in [6.07, 6.45) is 1.94. The number of hydrogen-bond donors (Lipinski definition) is 1. The van der Waals surface area contributed by atoms with Gasteiger partial charge < -0.3 is 9.84 Å². The normalized spacial score (nSPS) is 11.2. The standard InChI is InChI=1S/C10H20N4O/c1-4-5-9-12-10(15-13-9)8-14(3)7-6-11-2/h11H,4-8H2,1-3H3. The first-order valence-corrected chi connectivity index (χ1v) is 5.40. The quantitative estimate of drug-likeness (QED) is 0.720. The average Bonchev–Trinajstić information content (AvgIpc) is 2.63. The van der Waals surface area contributed by atoms with Gasteiger partial charge in [0.2, 0.25) is 5.89 Å². The Morgan fingerprint density at radius 3 is 2.93 bits per heavy atom. The molecule has 0 saturated carbocycles. The second kappa shape index (κ2) is 6.53. The van der Waals surface area contributed by atoms with E-state index in [0.717, 1.165) is 38.3 Å². The Morgan fingerprint density at radius 1 is 1.47 bits per heavy atom. The molecular formula is C10H20N4O. The van der Waals surface area contributed by atoms with Crippen LogP contribution in [0.2, 0.25) is 0 Å². The number of rotatable bonds is 7. The number of nitrogens with zero attached hydrogens (tertiary/aromatic N) is 3. The average molecular weight is 212 g/mol. The van der Waals surface area contributed by atoms with Crippen molar-refractivity contribution in [3.05, 3.63) is 11.7 Å². The van der Waals surface area contributed by atoms with Crippen molar-refractivity contribution in [2.24, 2.45) is 0 Å². The number of likely N-dealkylation sites (N-methyl/N-ethyl adjacent to an activating group) is 2. The zero-order valence-corrected chi connectivity index (χ0v) is 9.79. The van der Waals surface area contributed by atoms with Crippen molar-refractivity contribution in [1.82, 2.24) is 20.4 Å². The molecule has 86 valence electrons. The van der Waals surface area contributed by atoms with Gasteiger partial charge in [-0.05, 0) is 20.5 Å². The lowest BCUT2D eigenvalue weighted by atomic mass is 10.3. The van der Waals surface area contributed by atoms with Crippen molar-refractivity contribution in [3.8, 4) is 0 Å². The Bertz CT molecular complexity index is 274. The Labute approximate surface area is 90.8 Å². The molecule has 1 rings (SSSR count). The molecule has 0 aliphatic heterocycles. The summed E-state index contributed by atoms with van der Waals surface area (Å²) in [5.41, 5.74) is 0. The smallest absolute Gasteiger partial charge is 0.240 e. The van der Waals surface area contributed by atoms with Crippen LogP contribution in [-0.2, 0) is 13.0 Å². The molecule has 1 heterocycles. The molecule has 0 aromatic carbocycles. The van der Waals surface area contributed by atoms with Gasteiger partial charge in [0.15, 0.2) is 5.82 Å². The van der Waals surface area contributed by atoms with Gasteiger partial charge >= 0.3 is 0 Å². The first-order valence-electron chi connectivity index (χ1n) is 5.40. The van der Waals surface area contributed by atoms with Crippen molar-refractivity contribution >= 4 is 0 Å². The predicted molar refractivity (Wildman–Crippen MR) is 58.6 cm³/mol. The van der Waals surface area contributed by atoms with Crippen LogP contribution in [0.1, 0.15) is 25.1 Å². The Balaban J connectivity index is 2.35. The van der Waals surface area contributed by atoms with Crippen LogP contribution in [-0.4, -0.2) is 42.2 Å². The topological polar surface area (TPSA) is 54.2 Å². The molecule has 0 aliphatic carbocycles. The van der Waals surface area contributed by atoms with Crippen molar-refractivity contribution < 1.29 is 4.52 Å². The monoisotopic (exact) mass is 212 g/mol. The van der Waals surface area contributed by atoms with E-state index in [1.165, 1.54) is 0 Å². The van der Waals surface area contributed by atoms with Crippen LogP contribution in [0, 0.1) is 0 Å². The van der Waals surface area contributed by atoms with Crippen LogP contribution in [0.4, 0.5) is 0 Å². The highest BCUT2D eigenvalue weighted by Gasteiger charge is 2.07. The second-order valence-electron chi connectivity index (χ2n) is 3.70. The van der Waals surface area contributed by atoms with Crippen LogP contribution >= 0.6 is 0 Å². The highest BCUT2D eigenvalue weighted by atomic mass is 16.5. The third-order valence-electron chi connectivity index (χ3n) is 2.13. The minimum absolute atomic E-state index is 0.706. The maximum absolute atomic E-state index is 5.14. The third-order valence-corrected chi connectivity index (χ3v) is 2.13. The Kier molecular flexibility index (Phi) is 5.28. The van der Waals surface area contributed by atoms with E-state index in [0.29, 0.717) is 5.89 Å². The lowest BCUT2D eigenvalue weighted by Crippen LogP contribution is -2.27. The van der Waals surface area contributed by atoms with E-state index in [1.807, 2.05) is 14.1 Å². The Morgan fingerprint density at radius 2 is 2.27 bits per heavy atom. The highest BCUT2D eigenvalue weighted by molar-refractivity contribution is 4.86. The molecule has 0 atom stereocenters. The summed E-state index contributed by atoms with van der Waals surface area (Å²) < 4.78 is 5.14. The molecule has 0 unspecified atom stereocenters. The molecule has 15 heavy (non-hydrogen) atoms. The van der Waals surface area contributed by atoms with E-state index >= 15 is 0 Å². The summed E-state index contributed by atoms with van der Waals surface area (Å²) in [6, 6.07) is 0. The summed E-state index contributed by atoms with van der Waals surface area (Å²) >= 11 is 0. The molecule has 1 N–H and O–H groups in total. The summed E-state index contributed by atoms with van der Waals surface area (Å²) in [5, 5.41) is 7.01. The van der Waals surface area contributed by atoms with Crippen LogP contribution in [0.15, 0.2) is 4.52 Å². The number of aryl methyl sites for hydroxylation is 1. The molecule has 1 aromatic heterocycles. The van der Waals surface area contributed by atoms with Crippen molar-refractivity contribution in [2.75, 3.05) is 27.2 Å².